The highest BCUT2D eigenvalue weighted by atomic mass is 35.5. The molecule has 3 aliphatic rings. The summed E-state index contributed by atoms with van der Waals surface area (Å²) < 4.78 is 0. The molecule has 6 heteroatoms. The van der Waals surface area contributed by atoms with Crippen LogP contribution in [0.3, 0.4) is 0 Å². The predicted octanol–water partition coefficient (Wildman–Crippen LogP) is 6.86. The van der Waals surface area contributed by atoms with Gasteiger partial charge in [0.25, 0.3) is 5.91 Å². The Bertz CT molecular complexity index is 1540. The molecule has 0 bridgehead atoms. The molecule has 0 unspecified atom stereocenters. The molecule has 7 rings (SSSR count). The van der Waals surface area contributed by atoms with Crippen molar-refractivity contribution < 1.29 is 4.79 Å². The van der Waals surface area contributed by atoms with E-state index in [-0.39, 0.29) is 17.9 Å². The van der Waals surface area contributed by atoms with Gasteiger partial charge in [-0.15, -0.1) is 0 Å². The number of benzene rings is 3. The van der Waals surface area contributed by atoms with Crippen molar-refractivity contribution in [2.75, 3.05) is 13.1 Å². The number of hydrogen-bond acceptors (Lipinski definition) is 2. The van der Waals surface area contributed by atoms with Crippen LogP contribution in [0.2, 0.25) is 10.0 Å². The molecule has 0 saturated carbocycles. The predicted molar refractivity (Wildman–Crippen MR) is 144 cm³/mol. The third-order valence-corrected chi connectivity index (χ3v) is 8.60. The molecule has 4 nitrogen and oxygen atoms in total. The average Bonchev–Trinajstić information content (AvgIpc) is 3.42. The molecule has 4 aromatic rings. The van der Waals surface area contributed by atoms with Crippen LogP contribution in [-0.2, 0) is 17.8 Å². The van der Waals surface area contributed by atoms with Crippen LogP contribution in [0.25, 0.3) is 10.9 Å². The van der Waals surface area contributed by atoms with E-state index in [4.69, 9.17) is 23.2 Å². The maximum atomic E-state index is 14.0. The Morgan fingerprint density at radius 1 is 0.972 bits per heavy atom. The molecule has 0 fully saturated rings. The lowest BCUT2D eigenvalue weighted by atomic mass is 9.78. The summed E-state index contributed by atoms with van der Waals surface area (Å²) in [6.07, 6.45) is 1.79. The van der Waals surface area contributed by atoms with Crippen molar-refractivity contribution in [3.63, 3.8) is 0 Å². The molecule has 0 radical (unpaired) electrons. The Morgan fingerprint density at radius 2 is 1.78 bits per heavy atom. The normalized spacial score (nSPS) is 21.1. The van der Waals surface area contributed by atoms with E-state index in [0.717, 1.165) is 41.7 Å². The summed E-state index contributed by atoms with van der Waals surface area (Å²) in [6.45, 7) is 2.06. The first kappa shape index (κ1) is 22.0. The number of para-hydroxylation sites is 1. The van der Waals surface area contributed by atoms with Crippen molar-refractivity contribution in [1.82, 2.24) is 14.8 Å². The third-order valence-electron chi connectivity index (χ3n) is 8.03. The van der Waals surface area contributed by atoms with Crippen LogP contribution in [0.4, 0.5) is 0 Å². The maximum absolute atomic E-state index is 14.0. The average molecular weight is 514 g/mol. The van der Waals surface area contributed by atoms with E-state index in [0.29, 0.717) is 23.1 Å². The summed E-state index contributed by atoms with van der Waals surface area (Å²) in [4.78, 5) is 22.0. The second-order valence-electron chi connectivity index (χ2n) is 10.00. The van der Waals surface area contributed by atoms with Gasteiger partial charge in [-0.25, -0.2) is 0 Å². The van der Waals surface area contributed by atoms with Crippen molar-refractivity contribution in [2.24, 2.45) is 0 Å². The number of nitrogens with zero attached hydrogens (tertiary/aromatic N) is 2. The zero-order valence-electron chi connectivity index (χ0n) is 19.7. The quantitative estimate of drug-likeness (QED) is 0.325. The highest BCUT2D eigenvalue weighted by Crippen LogP contribution is 2.51. The SMILES string of the molecule is O=C1C2=C(CN1Cc1ccccc1)[C@@H](c1ccc(Cl)cc1Cl)C[C@@H]1c3[nH]c4ccccc4c3CCN21. The standard InChI is InChI=1S/C30H25Cl2N3O/c31-19-10-11-20(25(32)14-19)23-15-27-28-22(21-8-4-5-9-26(21)33-28)12-13-35(27)29-24(23)17-34(30(29)36)16-18-6-2-1-3-7-18/h1-11,14,23,27,33H,12-13,15-17H2/t23-,27-/m1/s1. The van der Waals surface area contributed by atoms with E-state index in [9.17, 15) is 4.79 Å². The van der Waals surface area contributed by atoms with E-state index in [2.05, 4.69) is 46.3 Å². The smallest absolute Gasteiger partial charge is 0.270 e. The van der Waals surface area contributed by atoms with Crippen LogP contribution in [0.15, 0.2) is 84.1 Å². The van der Waals surface area contributed by atoms with E-state index >= 15 is 0 Å². The monoisotopic (exact) mass is 513 g/mol. The highest BCUT2D eigenvalue weighted by Gasteiger charge is 2.47. The van der Waals surface area contributed by atoms with E-state index in [1.165, 1.54) is 22.2 Å². The van der Waals surface area contributed by atoms with Crippen molar-refractivity contribution in [1.29, 1.82) is 0 Å². The summed E-state index contributed by atoms with van der Waals surface area (Å²) >= 11 is 13.0. The number of halogens is 2. The zero-order chi connectivity index (χ0) is 24.4. The third kappa shape index (κ3) is 3.39. The minimum absolute atomic E-state index is 0.0492. The van der Waals surface area contributed by atoms with Crippen LogP contribution in [0.5, 0.6) is 0 Å². The second-order valence-corrected chi connectivity index (χ2v) is 10.8. The lowest BCUT2D eigenvalue weighted by molar-refractivity contribution is -0.127. The molecule has 0 spiro atoms. The molecule has 2 atom stereocenters. The van der Waals surface area contributed by atoms with Crippen LogP contribution in [0.1, 0.15) is 40.8 Å². The van der Waals surface area contributed by atoms with Crippen LogP contribution >= 0.6 is 23.2 Å². The van der Waals surface area contributed by atoms with Gasteiger partial charge in [0.1, 0.15) is 5.70 Å². The summed E-state index contributed by atoms with van der Waals surface area (Å²) in [5.74, 6) is 0.168. The minimum atomic E-state index is 0.0492. The van der Waals surface area contributed by atoms with Gasteiger partial charge in [0.2, 0.25) is 0 Å². The molecule has 0 aliphatic carbocycles. The Balaban J connectivity index is 1.34. The number of carbonyl (C=O) groups excluding carboxylic acids is 1. The molecule has 36 heavy (non-hydrogen) atoms. The Morgan fingerprint density at radius 3 is 2.61 bits per heavy atom. The van der Waals surface area contributed by atoms with Crippen molar-refractivity contribution in [3.05, 3.63) is 116 Å². The van der Waals surface area contributed by atoms with Crippen molar-refractivity contribution >= 4 is 40.0 Å². The molecule has 1 N–H and O–H groups in total. The van der Waals surface area contributed by atoms with Gasteiger partial charge in [0.15, 0.2) is 0 Å². The number of aromatic nitrogens is 1. The summed E-state index contributed by atoms with van der Waals surface area (Å²) in [6, 6.07) is 24.6. The van der Waals surface area contributed by atoms with Gasteiger partial charge in [0.05, 0.1) is 6.04 Å². The number of rotatable bonds is 3. The van der Waals surface area contributed by atoms with Gasteiger partial charge >= 0.3 is 0 Å². The largest absolute Gasteiger partial charge is 0.358 e. The number of aromatic amines is 1. The van der Waals surface area contributed by atoms with E-state index in [1.54, 1.807) is 0 Å². The van der Waals surface area contributed by atoms with Gasteiger partial charge in [-0.3, -0.25) is 4.79 Å². The summed E-state index contributed by atoms with van der Waals surface area (Å²) in [5, 5.41) is 2.57. The molecule has 180 valence electrons. The number of nitrogens with one attached hydrogen (secondary N) is 1. The first-order valence-electron chi connectivity index (χ1n) is 12.5. The van der Waals surface area contributed by atoms with Gasteiger partial charge in [-0.05, 0) is 53.3 Å². The zero-order valence-corrected chi connectivity index (χ0v) is 21.2. The highest BCUT2D eigenvalue weighted by molar-refractivity contribution is 6.35. The fourth-order valence-corrected chi connectivity index (χ4v) is 6.99. The van der Waals surface area contributed by atoms with Gasteiger partial charge in [-0.2, -0.15) is 0 Å². The maximum Gasteiger partial charge on any atom is 0.270 e. The van der Waals surface area contributed by atoms with Gasteiger partial charge in [-0.1, -0.05) is 77.8 Å². The molecule has 1 amide bonds. The molecular formula is C30H25Cl2N3O. The first-order valence-corrected chi connectivity index (χ1v) is 13.2. The van der Waals surface area contributed by atoms with Crippen LogP contribution < -0.4 is 0 Å². The van der Waals surface area contributed by atoms with Crippen LogP contribution in [-0.4, -0.2) is 33.8 Å². The summed E-state index contributed by atoms with van der Waals surface area (Å²) in [5.41, 5.74) is 8.00. The molecule has 3 aliphatic heterocycles. The Hall–Kier alpha value is -3.21. The minimum Gasteiger partial charge on any atom is -0.358 e. The molecule has 4 heterocycles. The number of amides is 1. The Labute approximate surface area is 220 Å². The Kier molecular flexibility index (Phi) is 5.16. The van der Waals surface area contributed by atoms with Crippen molar-refractivity contribution in [3.8, 4) is 0 Å². The lowest BCUT2D eigenvalue weighted by Gasteiger charge is -2.44. The van der Waals surface area contributed by atoms with E-state index < -0.39 is 0 Å². The molecule has 1 aromatic heterocycles. The first-order chi connectivity index (χ1) is 17.6. The summed E-state index contributed by atoms with van der Waals surface area (Å²) in [7, 11) is 0. The second kappa shape index (κ2) is 8.43. The fraction of sp³-hybridized carbons (Fsp3) is 0.233. The number of carbonyl (C=O) groups is 1. The van der Waals surface area contributed by atoms with Gasteiger partial charge in [0, 0.05) is 52.2 Å². The van der Waals surface area contributed by atoms with Crippen LogP contribution in [0, 0.1) is 0 Å². The molecule has 3 aromatic carbocycles. The topological polar surface area (TPSA) is 39.3 Å². The molecular weight excluding hydrogens is 489 g/mol. The number of hydrogen-bond donors (Lipinski definition) is 1. The molecule has 0 saturated heterocycles. The van der Waals surface area contributed by atoms with E-state index in [1.807, 2.05) is 41.3 Å². The fourth-order valence-electron chi connectivity index (χ4n) is 6.45. The van der Waals surface area contributed by atoms with Crippen molar-refractivity contribution in [2.45, 2.75) is 31.3 Å². The van der Waals surface area contributed by atoms with Gasteiger partial charge < -0.3 is 14.8 Å². The number of fused-ring (bicyclic) bond motifs is 6. The number of H-pyrrole nitrogens is 1. The lowest BCUT2D eigenvalue weighted by Crippen LogP contribution is -2.41.